The van der Waals surface area contributed by atoms with Gasteiger partial charge in [0.2, 0.25) is 0 Å². The van der Waals surface area contributed by atoms with Crippen molar-refractivity contribution in [3.8, 4) is 17.2 Å². The second-order valence-electron chi connectivity index (χ2n) is 8.27. The van der Waals surface area contributed by atoms with Crippen LogP contribution in [0.15, 0.2) is 42.5 Å². The molecule has 0 atom stereocenters. The quantitative estimate of drug-likeness (QED) is 0.473. The van der Waals surface area contributed by atoms with Crippen LogP contribution in [0.3, 0.4) is 0 Å². The first-order chi connectivity index (χ1) is 14.6. The molecule has 0 radical (unpaired) electrons. The first-order valence-electron chi connectivity index (χ1n) is 10.8. The van der Waals surface area contributed by atoms with Crippen LogP contribution in [0.4, 0.5) is 4.39 Å². The molecule has 1 saturated heterocycles. The molecule has 4 nitrogen and oxygen atoms in total. The molecule has 3 aromatic rings. The molecule has 0 amide bonds. The van der Waals surface area contributed by atoms with E-state index in [4.69, 9.17) is 5.26 Å². The number of nitriles is 1. The number of hydrogen-bond acceptors (Lipinski definition) is 3. The van der Waals surface area contributed by atoms with Gasteiger partial charge in [-0.3, -0.25) is 0 Å². The van der Waals surface area contributed by atoms with Crippen LogP contribution >= 0.6 is 0 Å². The molecule has 2 heterocycles. The summed E-state index contributed by atoms with van der Waals surface area (Å²) in [5.74, 6) is -0.201. The average molecular weight is 405 g/mol. The van der Waals surface area contributed by atoms with E-state index in [-0.39, 0.29) is 5.82 Å². The fraction of sp³-hybridized carbons (Fsp3) is 0.400. The zero-order chi connectivity index (χ0) is 21.1. The van der Waals surface area contributed by atoms with Gasteiger partial charge in [0.25, 0.3) is 0 Å². The van der Waals surface area contributed by atoms with Crippen LogP contribution in [0.5, 0.6) is 0 Å². The summed E-state index contributed by atoms with van der Waals surface area (Å²) < 4.78 is 16.0. The molecular weight excluding hydrogens is 375 g/mol. The van der Waals surface area contributed by atoms with Gasteiger partial charge >= 0.3 is 0 Å². The summed E-state index contributed by atoms with van der Waals surface area (Å²) in [6.07, 6.45) is 2.22. The second kappa shape index (κ2) is 8.99. The summed E-state index contributed by atoms with van der Waals surface area (Å²) in [6, 6.07) is 16.1. The predicted molar refractivity (Wildman–Crippen MR) is 120 cm³/mol. The standard InChI is InChI=1S/C25H29FN4/c1-18-3-8-24-23(17-18)25(20-4-6-21(26)7-5-20)19(2)30(24)22-9-14-29(15-10-22)16-13-28-12-11-27/h3-8,17,22,28H,9-10,12-16H2,1-2H3. The molecule has 30 heavy (non-hydrogen) atoms. The van der Waals surface area contributed by atoms with E-state index in [2.05, 4.69) is 52.9 Å². The Morgan fingerprint density at radius 3 is 2.53 bits per heavy atom. The molecule has 4 rings (SSSR count). The van der Waals surface area contributed by atoms with Gasteiger partial charge in [-0.05, 0) is 56.5 Å². The van der Waals surface area contributed by atoms with Crippen LogP contribution in [0, 0.1) is 31.0 Å². The molecule has 0 spiro atoms. The smallest absolute Gasteiger partial charge is 0.123 e. The number of nitrogens with zero attached hydrogens (tertiary/aromatic N) is 3. The highest BCUT2D eigenvalue weighted by atomic mass is 19.1. The van der Waals surface area contributed by atoms with Crippen LogP contribution in [0.25, 0.3) is 22.0 Å². The molecule has 1 aliphatic rings. The molecule has 1 aromatic heterocycles. The Morgan fingerprint density at radius 1 is 1.10 bits per heavy atom. The lowest BCUT2D eigenvalue weighted by atomic mass is 10.0. The number of piperidine rings is 1. The maximum atomic E-state index is 13.5. The van der Waals surface area contributed by atoms with Gasteiger partial charge in [-0.2, -0.15) is 5.26 Å². The van der Waals surface area contributed by atoms with Crippen molar-refractivity contribution in [2.24, 2.45) is 0 Å². The minimum absolute atomic E-state index is 0.201. The highest BCUT2D eigenvalue weighted by molar-refractivity contribution is 5.98. The van der Waals surface area contributed by atoms with E-state index in [1.54, 1.807) is 12.1 Å². The Kier molecular flexibility index (Phi) is 6.17. The molecule has 1 fully saturated rings. The minimum Gasteiger partial charge on any atom is -0.341 e. The van der Waals surface area contributed by atoms with Crippen molar-refractivity contribution in [3.63, 3.8) is 0 Å². The van der Waals surface area contributed by atoms with Gasteiger partial charge in [-0.25, -0.2) is 4.39 Å². The van der Waals surface area contributed by atoms with Gasteiger partial charge in [-0.1, -0.05) is 23.8 Å². The van der Waals surface area contributed by atoms with E-state index < -0.39 is 0 Å². The maximum Gasteiger partial charge on any atom is 0.123 e. The van der Waals surface area contributed by atoms with Gasteiger partial charge in [0.1, 0.15) is 5.82 Å². The first-order valence-corrected chi connectivity index (χ1v) is 10.8. The van der Waals surface area contributed by atoms with Crippen LogP contribution in [0.1, 0.15) is 30.1 Å². The van der Waals surface area contributed by atoms with E-state index in [0.29, 0.717) is 12.6 Å². The number of nitrogens with one attached hydrogen (secondary N) is 1. The summed E-state index contributed by atoms with van der Waals surface area (Å²) in [7, 11) is 0. The topological polar surface area (TPSA) is 44.0 Å². The van der Waals surface area contributed by atoms with Crippen molar-refractivity contribution < 1.29 is 4.39 Å². The Morgan fingerprint density at radius 2 is 1.83 bits per heavy atom. The van der Waals surface area contributed by atoms with Crippen LogP contribution < -0.4 is 5.32 Å². The predicted octanol–water partition coefficient (Wildman–Crippen LogP) is 4.81. The highest BCUT2D eigenvalue weighted by Crippen LogP contribution is 2.39. The largest absolute Gasteiger partial charge is 0.341 e. The van der Waals surface area contributed by atoms with Crippen LogP contribution in [-0.2, 0) is 0 Å². The summed E-state index contributed by atoms with van der Waals surface area (Å²) >= 11 is 0. The monoisotopic (exact) mass is 404 g/mol. The number of halogens is 1. The molecule has 0 unspecified atom stereocenters. The van der Waals surface area contributed by atoms with Crippen molar-refractivity contribution in [1.82, 2.24) is 14.8 Å². The SMILES string of the molecule is Cc1ccc2c(c1)c(-c1ccc(F)cc1)c(C)n2C1CCN(CCNCC#N)CC1. The minimum atomic E-state index is -0.201. The van der Waals surface area contributed by atoms with Gasteiger partial charge in [-0.15, -0.1) is 0 Å². The third-order valence-corrected chi connectivity index (χ3v) is 6.27. The third kappa shape index (κ3) is 4.12. The lowest BCUT2D eigenvalue weighted by Crippen LogP contribution is -2.39. The summed E-state index contributed by atoms with van der Waals surface area (Å²) in [5.41, 5.74) is 6.06. The first kappa shape index (κ1) is 20.6. The van der Waals surface area contributed by atoms with Crippen molar-refractivity contribution in [1.29, 1.82) is 5.26 Å². The Labute approximate surface area is 177 Å². The fourth-order valence-corrected chi connectivity index (χ4v) is 4.79. The summed E-state index contributed by atoms with van der Waals surface area (Å²) in [6.45, 7) is 8.71. The fourth-order valence-electron chi connectivity index (χ4n) is 4.79. The Balaban J connectivity index is 1.62. The van der Waals surface area contributed by atoms with E-state index in [1.165, 1.54) is 27.7 Å². The van der Waals surface area contributed by atoms with E-state index in [0.717, 1.165) is 44.6 Å². The number of fused-ring (bicyclic) bond motifs is 1. The number of rotatable bonds is 6. The molecule has 1 N–H and O–H groups in total. The lowest BCUT2D eigenvalue weighted by Gasteiger charge is -2.34. The molecule has 1 aliphatic heterocycles. The van der Waals surface area contributed by atoms with E-state index in [9.17, 15) is 4.39 Å². The van der Waals surface area contributed by atoms with E-state index in [1.807, 2.05) is 12.1 Å². The van der Waals surface area contributed by atoms with E-state index >= 15 is 0 Å². The van der Waals surface area contributed by atoms with Gasteiger partial charge in [0, 0.05) is 54.4 Å². The van der Waals surface area contributed by atoms with Gasteiger partial charge in [0.05, 0.1) is 12.6 Å². The van der Waals surface area contributed by atoms with Gasteiger partial charge < -0.3 is 14.8 Å². The number of aryl methyl sites for hydroxylation is 1. The maximum absolute atomic E-state index is 13.5. The zero-order valence-corrected chi connectivity index (χ0v) is 17.8. The van der Waals surface area contributed by atoms with Crippen molar-refractivity contribution in [2.75, 3.05) is 32.7 Å². The molecule has 0 saturated carbocycles. The number of benzene rings is 2. The summed E-state index contributed by atoms with van der Waals surface area (Å²) in [5, 5.41) is 13.1. The zero-order valence-electron chi connectivity index (χ0n) is 17.8. The molecular formula is C25H29FN4. The van der Waals surface area contributed by atoms with Crippen molar-refractivity contribution in [3.05, 3.63) is 59.5 Å². The lowest BCUT2D eigenvalue weighted by molar-refractivity contribution is 0.189. The van der Waals surface area contributed by atoms with Crippen LogP contribution in [-0.4, -0.2) is 42.2 Å². The average Bonchev–Trinajstić information content (AvgIpc) is 3.03. The molecule has 2 aromatic carbocycles. The Bertz CT molecular complexity index is 1050. The molecule has 0 bridgehead atoms. The second-order valence-corrected chi connectivity index (χ2v) is 8.27. The third-order valence-electron chi connectivity index (χ3n) is 6.27. The molecule has 5 heteroatoms. The number of hydrogen-bond donors (Lipinski definition) is 1. The van der Waals surface area contributed by atoms with Gasteiger partial charge in [0.15, 0.2) is 0 Å². The number of aromatic nitrogens is 1. The van der Waals surface area contributed by atoms with Crippen molar-refractivity contribution >= 4 is 10.9 Å². The van der Waals surface area contributed by atoms with Crippen molar-refractivity contribution in [2.45, 2.75) is 32.7 Å². The van der Waals surface area contributed by atoms with Crippen LogP contribution in [0.2, 0.25) is 0 Å². The highest BCUT2D eigenvalue weighted by Gasteiger charge is 2.25. The molecule has 156 valence electrons. The normalized spacial score (nSPS) is 15.5. The summed E-state index contributed by atoms with van der Waals surface area (Å²) in [4.78, 5) is 2.48. The Hall–Kier alpha value is -2.68. The molecule has 0 aliphatic carbocycles. The number of likely N-dealkylation sites (tertiary alicyclic amines) is 1.